The van der Waals surface area contributed by atoms with Crippen molar-refractivity contribution in [1.29, 1.82) is 0 Å². The highest BCUT2D eigenvalue weighted by Crippen LogP contribution is 2.23. The fourth-order valence-electron chi connectivity index (χ4n) is 3.26. The maximum Gasteiger partial charge on any atom is 0.264 e. The molecule has 1 N–H and O–H groups in total. The molecule has 2 heterocycles. The van der Waals surface area contributed by atoms with Crippen molar-refractivity contribution < 1.29 is 9.59 Å². The Morgan fingerprint density at radius 3 is 2.58 bits per heavy atom. The summed E-state index contributed by atoms with van der Waals surface area (Å²) in [6.07, 6.45) is 2.64. The Labute approximate surface area is 146 Å². The predicted octanol–water partition coefficient (Wildman–Crippen LogP) is 4.00. The van der Waals surface area contributed by atoms with Gasteiger partial charge in [0.25, 0.3) is 5.91 Å². The van der Waals surface area contributed by atoms with Crippen LogP contribution in [0.4, 0.5) is 5.69 Å². The molecule has 1 atom stereocenters. The van der Waals surface area contributed by atoms with E-state index >= 15 is 0 Å². The first-order chi connectivity index (χ1) is 11.5. The van der Waals surface area contributed by atoms with Gasteiger partial charge in [0.2, 0.25) is 5.91 Å². The largest absolute Gasteiger partial charge is 0.326 e. The minimum Gasteiger partial charge on any atom is -0.326 e. The van der Waals surface area contributed by atoms with Gasteiger partial charge in [-0.1, -0.05) is 12.1 Å². The van der Waals surface area contributed by atoms with Crippen LogP contribution in [0.5, 0.6) is 0 Å². The topological polar surface area (TPSA) is 49.4 Å². The Kier molecular flexibility index (Phi) is 5.00. The highest BCUT2D eigenvalue weighted by atomic mass is 32.1. The molecule has 0 bridgehead atoms. The van der Waals surface area contributed by atoms with Crippen molar-refractivity contribution >= 4 is 28.8 Å². The van der Waals surface area contributed by atoms with Crippen molar-refractivity contribution in [3.8, 4) is 0 Å². The van der Waals surface area contributed by atoms with Crippen molar-refractivity contribution in [2.45, 2.75) is 39.2 Å². The van der Waals surface area contributed by atoms with Crippen molar-refractivity contribution in [2.24, 2.45) is 0 Å². The third kappa shape index (κ3) is 3.67. The number of hydrogen-bond donors (Lipinski definition) is 1. The number of anilines is 1. The molecule has 24 heavy (non-hydrogen) atoms. The molecule has 0 spiro atoms. The summed E-state index contributed by atoms with van der Waals surface area (Å²) in [6, 6.07) is 9.28. The molecule has 0 saturated carbocycles. The van der Waals surface area contributed by atoms with E-state index in [1.165, 1.54) is 11.3 Å². The maximum absolute atomic E-state index is 12.8. The molecule has 0 unspecified atom stereocenters. The van der Waals surface area contributed by atoms with Gasteiger partial charge in [0.15, 0.2) is 0 Å². The van der Waals surface area contributed by atoms with Crippen LogP contribution in [0.2, 0.25) is 0 Å². The molecule has 0 radical (unpaired) electrons. The number of aryl methyl sites for hydroxylation is 2. The first-order valence-electron chi connectivity index (χ1n) is 8.28. The molecule has 1 aliphatic rings. The summed E-state index contributed by atoms with van der Waals surface area (Å²) in [4.78, 5) is 27.9. The Bertz CT molecular complexity index is 720. The minimum absolute atomic E-state index is 0.0368. The lowest BCUT2D eigenvalue weighted by atomic mass is 10.0. The molecule has 3 rings (SSSR count). The Balaban J connectivity index is 1.77. The van der Waals surface area contributed by atoms with Gasteiger partial charge in [-0.2, -0.15) is 0 Å². The molecule has 4 nitrogen and oxygen atoms in total. The molecular formula is C19H22N2O2S. The Hall–Kier alpha value is -2.14. The van der Waals surface area contributed by atoms with Gasteiger partial charge in [-0.05, 0) is 67.8 Å². The number of carbonyl (C=O) groups is 2. The minimum atomic E-state index is -0.394. The molecule has 1 aromatic heterocycles. The fourth-order valence-corrected chi connectivity index (χ4v) is 3.94. The summed E-state index contributed by atoms with van der Waals surface area (Å²) < 4.78 is 0. The molecular weight excluding hydrogens is 320 g/mol. The second-order valence-electron chi connectivity index (χ2n) is 6.35. The number of carbonyl (C=O) groups excluding carboxylic acids is 2. The van der Waals surface area contributed by atoms with Crippen LogP contribution in [0.3, 0.4) is 0 Å². The summed E-state index contributed by atoms with van der Waals surface area (Å²) in [5, 5.41) is 4.88. The number of rotatable bonds is 3. The fraction of sp³-hybridized carbons (Fsp3) is 0.368. The van der Waals surface area contributed by atoms with Crippen molar-refractivity contribution in [3.63, 3.8) is 0 Å². The summed E-state index contributed by atoms with van der Waals surface area (Å²) in [5.41, 5.74) is 3.02. The highest BCUT2D eigenvalue weighted by molar-refractivity contribution is 7.12. The first kappa shape index (κ1) is 16.7. The van der Waals surface area contributed by atoms with E-state index in [4.69, 9.17) is 0 Å². The van der Waals surface area contributed by atoms with E-state index in [1.54, 1.807) is 4.90 Å². The molecule has 1 saturated heterocycles. The molecule has 1 aromatic carbocycles. The number of thiophene rings is 1. The number of amides is 2. The van der Waals surface area contributed by atoms with Crippen molar-refractivity contribution in [3.05, 3.63) is 51.7 Å². The maximum atomic E-state index is 12.8. The second-order valence-corrected chi connectivity index (χ2v) is 7.30. The lowest BCUT2D eigenvalue weighted by molar-refractivity contribution is -0.121. The number of nitrogens with zero attached hydrogens (tertiary/aromatic N) is 1. The first-order valence-corrected chi connectivity index (χ1v) is 9.16. The van der Waals surface area contributed by atoms with Crippen LogP contribution in [-0.4, -0.2) is 29.3 Å². The second kappa shape index (κ2) is 7.18. The third-order valence-electron chi connectivity index (χ3n) is 4.29. The monoisotopic (exact) mass is 342 g/mol. The lowest BCUT2D eigenvalue weighted by Crippen LogP contribution is -2.49. The van der Waals surface area contributed by atoms with Gasteiger partial charge in [-0.3, -0.25) is 9.59 Å². The normalized spacial score (nSPS) is 17.6. The van der Waals surface area contributed by atoms with E-state index in [-0.39, 0.29) is 11.8 Å². The van der Waals surface area contributed by atoms with Gasteiger partial charge >= 0.3 is 0 Å². The van der Waals surface area contributed by atoms with E-state index < -0.39 is 6.04 Å². The predicted molar refractivity (Wildman–Crippen MR) is 97.5 cm³/mol. The zero-order chi connectivity index (χ0) is 17.1. The number of piperidine rings is 1. The molecule has 1 fully saturated rings. The Morgan fingerprint density at radius 1 is 1.17 bits per heavy atom. The van der Waals surface area contributed by atoms with Gasteiger partial charge in [0.05, 0.1) is 4.88 Å². The summed E-state index contributed by atoms with van der Waals surface area (Å²) in [7, 11) is 0. The molecule has 126 valence electrons. The summed E-state index contributed by atoms with van der Waals surface area (Å²) in [6.45, 7) is 4.66. The third-order valence-corrected chi connectivity index (χ3v) is 5.15. The average molecular weight is 342 g/mol. The van der Waals surface area contributed by atoms with Crippen LogP contribution in [0.15, 0.2) is 35.7 Å². The van der Waals surface area contributed by atoms with E-state index in [2.05, 4.69) is 11.4 Å². The highest BCUT2D eigenvalue weighted by Gasteiger charge is 2.33. The smallest absolute Gasteiger partial charge is 0.264 e. The zero-order valence-electron chi connectivity index (χ0n) is 14.0. The lowest BCUT2D eigenvalue weighted by Gasteiger charge is -2.34. The number of benzene rings is 1. The van der Waals surface area contributed by atoms with Crippen LogP contribution in [0.1, 0.15) is 40.1 Å². The number of likely N-dealkylation sites (tertiary alicyclic amines) is 1. The number of hydrogen-bond acceptors (Lipinski definition) is 3. The van der Waals surface area contributed by atoms with Gasteiger partial charge in [0.1, 0.15) is 6.04 Å². The van der Waals surface area contributed by atoms with E-state index in [1.807, 2.05) is 43.5 Å². The average Bonchev–Trinajstić information content (AvgIpc) is 3.07. The van der Waals surface area contributed by atoms with Crippen LogP contribution < -0.4 is 5.32 Å². The van der Waals surface area contributed by atoms with Crippen molar-refractivity contribution in [1.82, 2.24) is 4.90 Å². The summed E-state index contributed by atoms with van der Waals surface area (Å²) >= 11 is 1.42. The van der Waals surface area contributed by atoms with Gasteiger partial charge in [-0.15, -0.1) is 11.3 Å². The molecule has 1 aliphatic heterocycles. The molecule has 5 heteroatoms. The van der Waals surface area contributed by atoms with Crippen molar-refractivity contribution in [2.75, 3.05) is 11.9 Å². The Morgan fingerprint density at radius 2 is 1.92 bits per heavy atom. The molecule has 2 aromatic rings. The summed E-state index contributed by atoms with van der Waals surface area (Å²) in [5.74, 6) is -0.130. The zero-order valence-corrected chi connectivity index (χ0v) is 14.9. The van der Waals surface area contributed by atoms with Gasteiger partial charge in [0, 0.05) is 12.2 Å². The van der Waals surface area contributed by atoms with E-state index in [0.717, 1.165) is 29.7 Å². The van der Waals surface area contributed by atoms with Gasteiger partial charge < -0.3 is 10.2 Å². The van der Waals surface area contributed by atoms with Crippen LogP contribution in [0, 0.1) is 13.8 Å². The molecule has 0 aliphatic carbocycles. The van der Waals surface area contributed by atoms with Crippen LogP contribution in [-0.2, 0) is 4.79 Å². The van der Waals surface area contributed by atoms with Crippen LogP contribution >= 0.6 is 11.3 Å². The molecule has 2 amide bonds. The number of nitrogens with one attached hydrogen (secondary N) is 1. The SMILES string of the molecule is Cc1cc(C)cc(NC(=O)[C@@H]2CCCCN2C(=O)c2cccs2)c1. The quantitative estimate of drug-likeness (QED) is 0.916. The van der Waals surface area contributed by atoms with Crippen LogP contribution in [0.25, 0.3) is 0 Å². The standard InChI is InChI=1S/C19H22N2O2S/c1-13-10-14(2)12-15(11-13)20-18(22)16-6-3-4-8-21(16)19(23)17-7-5-9-24-17/h5,7,9-12,16H,3-4,6,8H2,1-2H3,(H,20,22)/t16-/m0/s1. The van der Waals surface area contributed by atoms with E-state index in [9.17, 15) is 9.59 Å². The van der Waals surface area contributed by atoms with Gasteiger partial charge in [-0.25, -0.2) is 0 Å². The van der Waals surface area contributed by atoms with E-state index in [0.29, 0.717) is 17.8 Å².